The van der Waals surface area contributed by atoms with Gasteiger partial charge in [-0.2, -0.15) is 0 Å². The van der Waals surface area contributed by atoms with Gasteiger partial charge in [0.1, 0.15) is 0 Å². The van der Waals surface area contributed by atoms with Gasteiger partial charge in [-0.05, 0) is 12.8 Å². The zero-order chi connectivity index (χ0) is 11.4. The van der Waals surface area contributed by atoms with E-state index in [0.717, 1.165) is 5.57 Å². The molecule has 1 rings (SSSR count). The van der Waals surface area contributed by atoms with E-state index in [1.165, 1.54) is 6.08 Å². The van der Waals surface area contributed by atoms with E-state index in [9.17, 15) is 5.11 Å². The van der Waals surface area contributed by atoms with Crippen molar-refractivity contribution >= 4 is 5.71 Å². The van der Waals surface area contributed by atoms with Crippen LogP contribution in [0.2, 0.25) is 0 Å². The molecule has 15 heavy (non-hydrogen) atoms. The lowest BCUT2D eigenvalue weighted by Gasteiger charge is -2.24. The Balaban J connectivity index is 2.84. The van der Waals surface area contributed by atoms with Crippen LogP contribution >= 0.6 is 0 Å². The van der Waals surface area contributed by atoms with Gasteiger partial charge in [-0.25, -0.2) is 5.84 Å². The summed E-state index contributed by atoms with van der Waals surface area (Å²) in [4.78, 5) is 0. The van der Waals surface area contributed by atoms with E-state index in [-0.39, 0.29) is 17.7 Å². The molecule has 4 nitrogen and oxygen atoms in total. The fourth-order valence-corrected chi connectivity index (χ4v) is 1.82. The maximum Gasteiger partial charge on any atom is 0.200 e. The molecule has 0 aromatic heterocycles. The van der Waals surface area contributed by atoms with Gasteiger partial charge < -0.3 is 10.5 Å². The van der Waals surface area contributed by atoms with Crippen molar-refractivity contribution in [2.24, 2.45) is 17.7 Å². The van der Waals surface area contributed by atoms with E-state index < -0.39 is 0 Å². The van der Waals surface area contributed by atoms with Crippen LogP contribution in [0, 0.1) is 17.2 Å². The van der Waals surface area contributed by atoms with Gasteiger partial charge in [0, 0.05) is 17.7 Å². The molecule has 2 atom stereocenters. The molecule has 0 fully saturated rings. The van der Waals surface area contributed by atoms with Crippen LogP contribution in [0.15, 0.2) is 35.8 Å². The first-order valence-electron chi connectivity index (χ1n) is 4.87. The number of hydrazine groups is 1. The molecule has 82 valence electrons. The summed E-state index contributed by atoms with van der Waals surface area (Å²) < 4.78 is 0. The molecule has 0 spiro atoms. The second-order valence-electron chi connectivity index (χ2n) is 3.76. The number of aliphatic hydroxyl groups excluding tert-OH is 1. The van der Waals surface area contributed by atoms with Gasteiger partial charge in [0.15, 0.2) is 5.88 Å². The summed E-state index contributed by atoms with van der Waals surface area (Å²) >= 11 is 0. The highest BCUT2D eigenvalue weighted by atomic mass is 16.3. The molecule has 0 heterocycles. The number of nitrogens with one attached hydrogen (secondary N) is 2. The minimum atomic E-state index is -0.186. The molecule has 0 aromatic rings. The Bertz CT molecular complexity index is 342. The number of rotatable bonds is 3. The molecule has 5 N–H and O–H groups in total. The van der Waals surface area contributed by atoms with Crippen molar-refractivity contribution in [2.45, 2.75) is 13.8 Å². The first kappa shape index (κ1) is 11.5. The lowest BCUT2D eigenvalue weighted by Crippen LogP contribution is -2.25. The van der Waals surface area contributed by atoms with Crippen molar-refractivity contribution in [1.82, 2.24) is 5.43 Å². The van der Waals surface area contributed by atoms with Crippen molar-refractivity contribution < 1.29 is 5.11 Å². The largest absolute Gasteiger partial charge is 0.494 e. The number of aliphatic hydroxyl groups is 1. The highest BCUT2D eigenvalue weighted by Crippen LogP contribution is 2.27. The van der Waals surface area contributed by atoms with Crippen LogP contribution in [0.4, 0.5) is 0 Å². The van der Waals surface area contributed by atoms with Gasteiger partial charge >= 0.3 is 0 Å². The minimum absolute atomic E-state index is 0.0190. The Labute approximate surface area is 89.7 Å². The summed E-state index contributed by atoms with van der Waals surface area (Å²) in [6.07, 6.45) is 7.37. The Morgan fingerprint density at radius 3 is 2.87 bits per heavy atom. The van der Waals surface area contributed by atoms with Crippen molar-refractivity contribution in [3.05, 3.63) is 35.8 Å². The molecule has 4 heteroatoms. The summed E-state index contributed by atoms with van der Waals surface area (Å²) in [6, 6.07) is 0. The van der Waals surface area contributed by atoms with E-state index in [1.54, 1.807) is 0 Å². The van der Waals surface area contributed by atoms with Gasteiger partial charge in [0.05, 0.1) is 0 Å². The molecule has 1 aliphatic carbocycles. The Morgan fingerprint density at radius 2 is 2.33 bits per heavy atom. The number of allylic oxidation sites excluding steroid dienone is 5. The predicted molar refractivity (Wildman–Crippen MR) is 61.3 cm³/mol. The Kier molecular flexibility index (Phi) is 3.68. The summed E-state index contributed by atoms with van der Waals surface area (Å²) in [5.41, 5.74) is 3.58. The number of hydrogen-bond acceptors (Lipinski definition) is 4. The normalized spacial score (nSPS) is 26.1. The third kappa shape index (κ3) is 2.70. The molecule has 0 amide bonds. The molecule has 0 aliphatic heterocycles. The van der Waals surface area contributed by atoms with Crippen LogP contribution in [-0.4, -0.2) is 10.8 Å². The summed E-state index contributed by atoms with van der Waals surface area (Å²) in [5, 5.41) is 17.0. The Hall–Kier alpha value is -1.55. The van der Waals surface area contributed by atoms with Crippen LogP contribution in [-0.2, 0) is 0 Å². The summed E-state index contributed by atoms with van der Waals surface area (Å²) in [7, 11) is 0. The van der Waals surface area contributed by atoms with Crippen LogP contribution < -0.4 is 11.3 Å². The quantitative estimate of drug-likeness (QED) is 0.246. The van der Waals surface area contributed by atoms with Crippen molar-refractivity contribution in [2.75, 3.05) is 0 Å². The standard InChI is InChI=1S/C11H17N3O/c1-7-4-3-5-8(2)11(7)9(12)6-10(15)14-13/h3-7,11-12,14-15H,13H2,1-2H3/b10-6+,12-9?. The smallest absolute Gasteiger partial charge is 0.200 e. The second kappa shape index (κ2) is 4.79. The van der Waals surface area contributed by atoms with Gasteiger partial charge in [-0.15, -0.1) is 0 Å². The second-order valence-corrected chi connectivity index (χ2v) is 3.76. The predicted octanol–water partition coefficient (Wildman–Crippen LogP) is 1.64. The molecular weight excluding hydrogens is 190 g/mol. The average Bonchev–Trinajstić information content (AvgIpc) is 2.17. The lowest BCUT2D eigenvalue weighted by molar-refractivity contribution is 0.367. The molecule has 1 aliphatic rings. The van der Waals surface area contributed by atoms with Crippen LogP contribution in [0.5, 0.6) is 0 Å². The number of nitrogens with two attached hydrogens (primary N) is 1. The first-order chi connectivity index (χ1) is 7.06. The zero-order valence-corrected chi connectivity index (χ0v) is 8.99. The molecule has 0 saturated heterocycles. The molecular formula is C11H17N3O. The van der Waals surface area contributed by atoms with Crippen LogP contribution in [0.25, 0.3) is 0 Å². The van der Waals surface area contributed by atoms with Crippen molar-refractivity contribution in [1.29, 1.82) is 5.41 Å². The van der Waals surface area contributed by atoms with E-state index in [4.69, 9.17) is 11.3 Å². The SMILES string of the molecule is CC1=CC=CC(C)C1C(=N)/C=C(/O)NN. The average molecular weight is 207 g/mol. The fraction of sp³-hybridized carbons (Fsp3) is 0.364. The van der Waals surface area contributed by atoms with Gasteiger partial charge in [0.25, 0.3) is 0 Å². The molecule has 0 bridgehead atoms. The first-order valence-corrected chi connectivity index (χ1v) is 4.87. The third-order valence-electron chi connectivity index (χ3n) is 2.57. The van der Waals surface area contributed by atoms with Crippen molar-refractivity contribution in [3.63, 3.8) is 0 Å². The Morgan fingerprint density at radius 1 is 1.67 bits per heavy atom. The molecule has 2 unspecified atom stereocenters. The van der Waals surface area contributed by atoms with Gasteiger partial charge in [-0.1, -0.05) is 30.7 Å². The lowest BCUT2D eigenvalue weighted by atomic mass is 9.80. The van der Waals surface area contributed by atoms with Crippen molar-refractivity contribution in [3.8, 4) is 0 Å². The highest BCUT2D eigenvalue weighted by molar-refractivity contribution is 5.96. The monoisotopic (exact) mass is 207 g/mol. The fourth-order valence-electron chi connectivity index (χ4n) is 1.82. The summed E-state index contributed by atoms with van der Waals surface area (Å²) in [6.45, 7) is 4.03. The third-order valence-corrected chi connectivity index (χ3v) is 2.57. The summed E-state index contributed by atoms with van der Waals surface area (Å²) in [5.74, 6) is 5.13. The van der Waals surface area contributed by atoms with E-state index >= 15 is 0 Å². The van der Waals surface area contributed by atoms with Crippen LogP contribution in [0.1, 0.15) is 13.8 Å². The maximum atomic E-state index is 9.18. The van der Waals surface area contributed by atoms with E-state index in [2.05, 4.69) is 5.43 Å². The minimum Gasteiger partial charge on any atom is -0.494 e. The van der Waals surface area contributed by atoms with E-state index in [0.29, 0.717) is 5.71 Å². The van der Waals surface area contributed by atoms with Gasteiger partial charge in [0.2, 0.25) is 0 Å². The highest BCUT2D eigenvalue weighted by Gasteiger charge is 2.22. The molecule has 0 aromatic carbocycles. The molecule has 0 radical (unpaired) electrons. The zero-order valence-electron chi connectivity index (χ0n) is 8.99. The number of hydrogen-bond donors (Lipinski definition) is 4. The molecule has 0 saturated carbocycles. The maximum absolute atomic E-state index is 9.18. The van der Waals surface area contributed by atoms with E-state index in [1.807, 2.05) is 32.1 Å². The van der Waals surface area contributed by atoms with Crippen LogP contribution in [0.3, 0.4) is 0 Å². The van der Waals surface area contributed by atoms with Gasteiger partial charge in [-0.3, -0.25) is 5.43 Å². The topological polar surface area (TPSA) is 82.1 Å².